The van der Waals surface area contributed by atoms with Gasteiger partial charge in [-0.3, -0.25) is 4.79 Å². The number of nitrogens with one attached hydrogen (secondary N) is 1. The molecule has 4 nitrogen and oxygen atoms in total. The molecular weight excluding hydrogens is 252 g/mol. The molecule has 1 N–H and O–H groups in total. The maximum absolute atomic E-state index is 11.6. The Morgan fingerprint density at radius 3 is 2.50 bits per heavy atom. The van der Waals surface area contributed by atoms with Gasteiger partial charge < -0.3 is 15.0 Å². The molecule has 0 aromatic heterocycles. The first-order chi connectivity index (χ1) is 9.19. The lowest BCUT2D eigenvalue weighted by atomic mass is 10.1. The molecule has 0 bridgehead atoms. The molecule has 0 aliphatic carbocycles. The summed E-state index contributed by atoms with van der Waals surface area (Å²) in [6.45, 7) is 8.29. The van der Waals surface area contributed by atoms with Crippen LogP contribution in [0, 0.1) is 6.92 Å². The van der Waals surface area contributed by atoms with Crippen molar-refractivity contribution in [3.05, 3.63) is 23.8 Å². The molecule has 0 saturated heterocycles. The van der Waals surface area contributed by atoms with Crippen molar-refractivity contribution in [3.8, 4) is 0 Å². The second-order valence-electron chi connectivity index (χ2n) is 6.16. The molecule has 1 aromatic rings. The quantitative estimate of drug-likeness (QED) is 0.840. The summed E-state index contributed by atoms with van der Waals surface area (Å²) in [7, 11) is 4.04. The van der Waals surface area contributed by atoms with E-state index in [1.807, 2.05) is 40.9 Å². The molecule has 0 saturated carbocycles. The first-order valence-corrected chi connectivity index (χ1v) is 6.93. The Morgan fingerprint density at radius 1 is 1.30 bits per heavy atom. The van der Waals surface area contributed by atoms with Crippen LogP contribution in [0.2, 0.25) is 0 Å². The van der Waals surface area contributed by atoms with Crippen LogP contribution in [0.3, 0.4) is 0 Å². The van der Waals surface area contributed by atoms with Crippen LogP contribution >= 0.6 is 0 Å². The number of aryl methyl sites for hydroxylation is 1. The monoisotopic (exact) mass is 278 g/mol. The molecule has 0 heterocycles. The molecule has 0 aliphatic heterocycles. The van der Waals surface area contributed by atoms with Crippen LogP contribution in [0.25, 0.3) is 0 Å². The molecule has 0 unspecified atom stereocenters. The van der Waals surface area contributed by atoms with Gasteiger partial charge >= 0.3 is 5.97 Å². The number of carbonyl (C=O) groups is 1. The van der Waals surface area contributed by atoms with Crippen molar-refractivity contribution in [2.75, 3.05) is 30.9 Å². The lowest BCUT2D eigenvalue weighted by Crippen LogP contribution is -2.25. The van der Waals surface area contributed by atoms with E-state index in [0.717, 1.165) is 5.69 Å². The summed E-state index contributed by atoms with van der Waals surface area (Å²) in [6.07, 6.45) is 0.364. The van der Waals surface area contributed by atoms with Gasteiger partial charge in [-0.05, 0) is 45.4 Å². The van der Waals surface area contributed by atoms with E-state index in [-0.39, 0.29) is 5.97 Å². The number of rotatable bonds is 5. The average Bonchev–Trinajstić information content (AvgIpc) is 2.28. The van der Waals surface area contributed by atoms with Crippen LogP contribution in [0.15, 0.2) is 18.2 Å². The number of hydrogen-bond acceptors (Lipinski definition) is 4. The number of carbonyl (C=O) groups excluding carboxylic acids is 1. The molecule has 0 amide bonds. The number of benzene rings is 1. The Bertz CT molecular complexity index is 462. The third kappa shape index (κ3) is 5.51. The zero-order valence-electron chi connectivity index (χ0n) is 13.4. The predicted octanol–water partition coefficient (Wildman–Crippen LogP) is 3.20. The SMILES string of the molecule is Cc1ccc(NCCC(=O)OC(C)(C)C)cc1N(C)C. The first-order valence-electron chi connectivity index (χ1n) is 6.93. The number of nitrogens with zero attached hydrogens (tertiary/aromatic N) is 1. The van der Waals surface area contributed by atoms with Crippen molar-refractivity contribution in [2.24, 2.45) is 0 Å². The molecule has 0 spiro atoms. The highest BCUT2D eigenvalue weighted by Gasteiger charge is 2.15. The lowest BCUT2D eigenvalue weighted by molar-refractivity contribution is -0.154. The van der Waals surface area contributed by atoms with Gasteiger partial charge in [-0.25, -0.2) is 0 Å². The Balaban J connectivity index is 2.51. The maximum atomic E-state index is 11.6. The Hall–Kier alpha value is -1.71. The third-order valence-electron chi connectivity index (χ3n) is 2.77. The molecule has 0 radical (unpaired) electrons. The van der Waals surface area contributed by atoms with Crippen molar-refractivity contribution in [1.29, 1.82) is 0 Å². The van der Waals surface area contributed by atoms with Crippen LogP contribution in [-0.2, 0) is 9.53 Å². The van der Waals surface area contributed by atoms with E-state index in [1.54, 1.807) is 0 Å². The number of esters is 1. The second-order valence-corrected chi connectivity index (χ2v) is 6.16. The van der Waals surface area contributed by atoms with Gasteiger partial charge in [0.05, 0.1) is 6.42 Å². The fraction of sp³-hybridized carbons (Fsp3) is 0.562. The highest BCUT2D eigenvalue weighted by atomic mass is 16.6. The number of hydrogen-bond donors (Lipinski definition) is 1. The third-order valence-corrected chi connectivity index (χ3v) is 2.77. The first kappa shape index (κ1) is 16.3. The minimum Gasteiger partial charge on any atom is -0.460 e. The van der Waals surface area contributed by atoms with Crippen LogP contribution in [-0.4, -0.2) is 32.2 Å². The van der Waals surface area contributed by atoms with Gasteiger partial charge in [0.1, 0.15) is 5.60 Å². The van der Waals surface area contributed by atoms with E-state index in [0.29, 0.717) is 13.0 Å². The zero-order chi connectivity index (χ0) is 15.3. The van der Waals surface area contributed by atoms with Crippen LogP contribution in [0.4, 0.5) is 11.4 Å². The summed E-state index contributed by atoms with van der Waals surface area (Å²) in [5.41, 5.74) is 3.00. The van der Waals surface area contributed by atoms with Crippen LogP contribution in [0.1, 0.15) is 32.8 Å². The smallest absolute Gasteiger partial charge is 0.308 e. The summed E-state index contributed by atoms with van der Waals surface area (Å²) >= 11 is 0. The van der Waals surface area contributed by atoms with Gasteiger partial charge in [-0.1, -0.05) is 6.07 Å². The predicted molar refractivity (Wildman–Crippen MR) is 84.5 cm³/mol. The van der Waals surface area contributed by atoms with Crippen molar-refractivity contribution in [1.82, 2.24) is 0 Å². The van der Waals surface area contributed by atoms with Gasteiger partial charge in [0.25, 0.3) is 0 Å². The molecule has 112 valence electrons. The lowest BCUT2D eigenvalue weighted by Gasteiger charge is -2.20. The number of anilines is 2. The van der Waals surface area contributed by atoms with Gasteiger partial charge in [-0.15, -0.1) is 0 Å². The maximum Gasteiger partial charge on any atom is 0.308 e. The van der Waals surface area contributed by atoms with E-state index in [4.69, 9.17) is 4.74 Å². The number of ether oxygens (including phenoxy) is 1. The van der Waals surface area contributed by atoms with E-state index in [2.05, 4.69) is 29.3 Å². The zero-order valence-corrected chi connectivity index (χ0v) is 13.4. The Labute approximate surface area is 122 Å². The molecule has 1 aromatic carbocycles. The molecule has 0 aliphatic rings. The highest BCUT2D eigenvalue weighted by Crippen LogP contribution is 2.22. The Kier molecular flexibility index (Phi) is 5.43. The van der Waals surface area contributed by atoms with Gasteiger partial charge in [0.2, 0.25) is 0 Å². The minimum absolute atomic E-state index is 0.176. The van der Waals surface area contributed by atoms with E-state index >= 15 is 0 Å². The van der Waals surface area contributed by atoms with Crippen molar-refractivity contribution >= 4 is 17.3 Å². The van der Waals surface area contributed by atoms with Crippen molar-refractivity contribution < 1.29 is 9.53 Å². The van der Waals surface area contributed by atoms with Crippen LogP contribution in [0.5, 0.6) is 0 Å². The largest absolute Gasteiger partial charge is 0.460 e. The molecule has 4 heteroatoms. The van der Waals surface area contributed by atoms with E-state index < -0.39 is 5.60 Å². The van der Waals surface area contributed by atoms with Crippen molar-refractivity contribution in [3.63, 3.8) is 0 Å². The fourth-order valence-electron chi connectivity index (χ4n) is 1.90. The van der Waals surface area contributed by atoms with Gasteiger partial charge in [0.15, 0.2) is 0 Å². The normalized spacial score (nSPS) is 11.1. The summed E-state index contributed by atoms with van der Waals surface area (Å²) in [4.78, 5) is 13.7. The Morgan fingerprint density at radius 2 is 1.95 bits per heavy atom. The summed E-state index contributed by atoms with van der Waals surface area (Å²) in [5, 5.41) is 3.26. The summed E-state index contributed by atoms with van der Waals surface area (Å²) in [6, 6.07) is 6.19. The molecule has 0 fully saturated rings. The summed E-state index contributed by atoms with van der Waals surface area (Å²) < 4.78 is 5.27. The topological polar surface area (TPSA) is 41.6 Å². The van der Waals surface area contributed by atoms with Gasteiger partial charge in [-0.2, -0.15) is 0 Å². The second kappa shape index (κ2) is 6.64. The average molecular weight is 278 g/mol. The van der Waals surface area contributed by atoms with E-state index in [9.17, 15) is 4.79 Å². The highest BCUT2D eigenvalue weighted by molar-refractivity contribution is 5.71. The van der Waals surface area contributed by atoms with Gasteiger partial charge in [0, 0.05) is 32.0 Å². The standard InChI is InChI=1S/C16H26N2O2/c1-12-7-8-13(11-14(12)18(5)6)17-10-9-15(19)20-16(2,3)4/h7-8,11,17H,9-10H2,1-6H3. The molecule has 0 atom stereocenters. The molecular formula is C16H26N2O2. The van der Waals surface area contributed by atoms with Crippen LogP contribution < -0.4 is 10.2 Å². The van der Waals surface area contributed by atoms with Crippen molar-refractivity contribution in [2.45, 2.75) is 39.7 Å². The fourth-order valence-corrected chi connectivity index (χ4v) is 1.90. The molecule has 20 heavy (non-hydrogen) atoms. The van der Waals surface area contributed by atoms with E-state index in [1.165, 1.54) is 11.3 Å². The molecule has 1 rings (SSSR count). The summed E-state index contributed by atoms with van der Waals surface area (Å²) in [5.74, 6) is -0.176. The minimum atomic E-state index is -0.418.